The third-order valence-electron chi connectivity index (χ3n) is 4.26. The molecule has 0 amide bonds. The summed E-state index contributed by atoms with van der Waals surface area (Å²) in [5.74, 6) is -1.11. The molecule has 0 heterocycles. The van der Waals surface area contributed by atoms with E-state index in [1.54, 1.807) is 6.07 Å². The Bertz CT molecular complexity index is 542. The molecule has 0 radical (unpaired) electrons. The number of nitriles is 1. The summed E-state index contributed by atoms with van der Waals surface area (Å²) in [5.41, 5.74) is 1.84. The molecule has 2 rings (SSSR count). The van der Waals surface area contributed by atoms with E-state index >= 15 is 0 Å². The Morgan fingerprint density at radius 3 is 2.52 bits per heavy atom. The maximum absolute atomic E-state index is 10.8. The lowest BCUT2D eigenvalue weighted by Crippen LogP contribution is -2.05. The van der Waals surface area contributed by atoms with Crippen molar-refractivity contribution >= 4 is 17.6 Å². The molecule has 112 valence electrons. The second-order valence-corrected chi connectivity index (χ2v) is 6.16. The fourth-order valence-corrected chi connectivity index (χ4v) is 3.44. The van der Waals surface area contributed by atoms with Crippen LogP contribution in [0.1, 0.15) is 67.9 Å². The summed E-state index contributed by atoms with van der Waals surface area (Å²) in [6.07, 6.45) is 7.20. The first-order chi connectivity index (χ1) is 10.1. The van der Waals surface area contributed by atoms with Gasteiger partial charge in [-0.25, -0.2) is 0 Å². The van der Waals surface area contributed by atoms with Gasteiger partial charge < -0.3 is 5.11 Å². The molecule has 21 heavy (non-hydrogen) atoms. The van der Waals surface area contributed by atoms with E-state index in [4.69, 9.17) is 22.0 Å². The Kier molecular flexibility index (Phi) is 5.64. The van der Waals surface area contributed by atoms with Crippen molar-refractivity contribution in [1.29, 1.82) is 5.26 Å². The quantitative estimate of drug-likeness (QED) is 0.808. The summed E-state index contributed by atoms with van der Waals surface area (Å²) in [5, 5.41) is 18.6. The maximum atomic E-state index is 10.8. The number of nitrogens with zero attached hydrogens (tertiary/aromatic N) is 1. The van der Waals surface area contributed by atoms with Gasteiger partial charge in [-0.3, -0.25) is 4.79 Å². The van der Waals surface area contributed by atoms with E-state index < -0.39 is 11.9 Å². The number of rotatable bonds is 4. The first kappa shape index (κ1) is 15.9. The summed E-state index contributed by atoms with van der Waals surface area (Å²) < 4.78 is 0. The molecule has 1 unspecified atom stereocenters. The normalized spacial score (nSPS) is 17.7. The predicted octanol–water partition coefficient (Wildman–Crippen LogP) is 4.86. The second kappa shape index (κ2) is 7.47. The molecular weight excluding hydrogens is 286 g/mol. The van der Waals surface area contributed by atoms with Crippen LogP contribution in [0.5, 0.6) is 0 Å². The van der Waals surface area contributed by atoms with Gasteiger partial charge in [0.2, 0.25) is 0 Å². The van der Waals surface area contributed by atoms with Gasteiger partial charge in [-0.05, 0) is 36.0 Å². The molecule has 1 N–H and O–H groups in total. The fourth-order valence-electron chi connectivity index (χ4n) is 3.09. The molecule has 1 aromatic carbocycles. The SMILES string of the molecule is N#CC(CC(=O)O)c1ccc(C2CCCCCC2)c(Cl)c1. The van der Waals surface area contributed by atoms with Crippen LogP contribution in [-0.4, -0.2) is 11.1 Å². The van der Waals surface area contributed by atoms with Crippen LogP contribution in [0.2, 0.25) is 5.02 Å². The van der Waals surface area contributed by atoms with Crippen LogP contribution in [0.3, 0.4) is 0 Å². The molecule has 1 aliphatic rings. The van der Waals surface area contributed by atoms with Crippen molar-refractivity contribution in [2.24, 2.45) is 0 Å². The van der Waals surface area contributed by atoms with Crippen molar-refractivity contribution in [3.8, 4) is 6.07 Å². The van der Waals surface area contributed by atoms with Crippen LogP contribution in [-0.2, 0) is 4.79 Å². The third-order valence-corrected chi connectivity index (χ3v) is 4.58. The Hall–Kier alpha value is -1.53. The molecule has 1 saturated carbocycles. The lowest BCUT2D eigenvalue weighted by Gasteiger charge is -2.17. The van der Waals surface area contributed by atoms with E-state index in [2.05, 4.69) is 0 Å². The van der Waals surface area contributed by atoms with Gasteiger partial charge >= 0.3 is 5.97 Å². The Morgan fingerprint density at radius 1 is 1.33 bits per heavy atom. The zero-order valence-corrected chi connectivity index (χ0v) is 12.8. The fraction of sp³-hybridized carbons (Fsp3) is 0.529. The zero-order valence-electron chi connectivity index (χ0n) is 12.0. The summed E-state index contributed by atoms with van der Waals surface area (Å²) >= 11 is 6.40. The number of carbonyl (C=O) groups is 1. The van der Waals surface area contributed by atoms with E-state index in [1.165, 1.54) is 25.7 Å². The molecule has 0 spiro atoms. The summed E-state index contributed by atoms with van der Waals surface area (Å²) in [7, 11) is 0. The van der Waals surface area contributed by atoms with Gasteiger partial charge in [-0.1, -0.05) is 49.4 Å². The number of carboxylic acids is 1. The highest BCUT2D eigenvalue weighted by molar-refractivity contribution is 6.31. The summed E-state index contributed by atoms with van der Waals surface area (Å²) in [6.45, 7) is 0. The smallest absolute Gasteiger partial charge is 0.305 e. The highest BCUT2D eigenvalue weighted by Gasteiger charge is 2.20. The van der Waals surface area contributed by atoms with Crippen molar-refractivity contribution in [1.82, 2.24) is 0 Å². The third kappa shape index (κ3) is 4.22. The lowest BCUT2D eigenvalue weighted by atomic mass is 9.89. The molecule has 1 aromatic rings. The number of halogens is 1. The second-order valence-electron chi connectivity index (χ2n) is 5.75. The van der Waals surface area contributed by atoms with Crippen molar-refractivity contribution in [3.63, 3.8) is 0 Å². The van der Waals surface area contributed by atoms with Crippen molar-refractivity contribution in [2.75, 3.05) is 0 Å². The van der Waals surface area contributed by atoms with Crippen molar-refractivity contribution < 1.29 is 9.90 Å². The number of hydrogen-bond donors (Lipinski definition) is 1. The Balaban J connectivity index is 2.20. The van der Waals surface area contributed by atoms with Gasteiger partial charge in [0.1, 0.15) is 0 Å². The molecule has 1 atom stereocenters. The average molecular weight is 306 g/mol. The van der Waals surface area contributed by atoms with Gasteiger partial charge in [0.05, 0.1) is 18.4 Å². The predicted molar refractivity (Wildman–Crippen MR) is 82.5 cm³/mol. The minimum atomic E-state index is -0.967. The van der Waals surface area contributed by atoms with Crippen LogP contribution in [0.25, 0.3) is 0 Å². The van der Waals surface area contributed by atoms with Crippen LogP contribution in [0, 0.1) is 11.3 Å². The van der Waals surface area contributed by atoms with Crippen LogP contribution in [0.4, 0.5) is 0 Å². The summed E-state index contributed by atoms with van der Waals surface area (Å²) in [4.78, 5) is 10.8. The molecule has 0 aliphatic heterocycles. The molecule has 1 fully saturated rings. The molecule has 4 heteroatoms. The standard InChI is InChI=1S/C17H20ClNO2/c18-16-9-13(14(11-19)10-17(20)21)7-8-15(16)12-5-3-1-2-4-6-12/h7-9,12,14H,1-6,10H2,(H,20,21). The van der Waals surface area contributed by atoms with E-state index in [-0.39, 0.29) is 6.42 Å². The number of carboxylic acid groups (broad SMARTS) is 1. The van der Waals surface area contributed by atoms with Crippen molar-refractivity contribution in [2.45, 2.75) is 56.8 Å². The van der Waals surface area contributed by atoms with E-state index in [0.29, 0.717) is 16.5 Å². The summed E-state index contributed by atoms with van der Waals surface area (Å²) in [6, 6.07) is 7.67. The minimum Gasteiger partial charge on any atom is -0.481 e. The van der Waals surface area contributed by atoms with Crippen LogP contribution < -0.4 is 0 Å². The largest absolute Gasteiger partial charge is 0.481 e. The number of benzene rings is 1. The molecule has 3 nitrogen and oxygen atoms in total. The molecule has 0 aromatic heterocycles. The zero-order chi connectivity index (χ0) is 15.2. The number of hydrogen-bond acceptors (Lipinski definition) is 2. The van der Waals surface area contributed by atoms with Crippen LogP contribution in [0.15, 0.2) is 18.2 Å². The molecule has 0 saturated heterocycles. The first-order valence-corrected chi connectivity index (χ1v) is 7.90. The van der Waals surface area contributed by atoms with E-state index in [1.807, 2.05) is 18.2 Å². The topological polar surface area (TPSA) is 61.1 Å². The molecule has 1 aliphatic carbocycles. The van der Waals surface area contributed by atoms with Gasteiger partial charge in [0, 0.05) is 5.02 Å². The highest BCUT2D eigenvalue weighted by atomic mass is 35.5. The highest BCUT2D eigenvalue weighted by Crippen LogP contribution is 2.36. The Morgan fingerprint density at radius 2 is 2.00 bits per heavy atom. The van der Waals surface area contributed by atoms with E-state index in [9.17, 15) is 4.79 Å². The van der Waals surface area contributed by atoms with Gasteiger partial charge in [0.25, 0.3) is 0 Å². The Labute approximate surface area is 130 Å². The van der Waals surface area contributed by atoms with Crippen molar-refractivity contribution in [3.05, 3.63) is 34.3 Å². The molecular formula is C17H20ClNO2. The monoisotopic (exact) mass is 305 g/mol. The van der Waals surface area contributed by atoms with Crippen LogP contribution >= 0.6 is 11.6 Å². The van der Waals surface area contributed by atoms with Gasteiger partial charge in [0.15, 0.2) is 0 Å². The lowest BCUT2D eigenvalue weighted by molar-refractivity contribution is -0.137. The van der Waals surface area contributed by atoms with E-state index in [0.717, 1.165) is 18.4 Å². The van der Waals surface area contributed by atoms with Gasteiger partial charge in [-0.2, -0.15) is 5.26 Å². The average Bonchev–Trinajstić information content (AvgIpc) is 2.73. The van der Waals surface area contributed by atoms with Gasteiger partial charge in [-0.15, -0.1) is 0 Å². The first-order valence-electron chi connectivity index (χ1n) is 7.52. The number of aliphatic carboxylic acids is 1. The molecule has 0 bridgehead atoms. The maximum Gasteiger partial charge on any atom is 0.305 e. The minimum absolute atomic E-state index is 0.185.